The van der Waals surface area contributed by atoms with E-state index in [0.29, 0.717) is 6.54 Å². The normalized spacial score (nSPS) is 13.7. The Kier molecular flexibility index (Phi) is 3.78. The molecule has 2 heterocycles. The molecule has 0 saturated carbocycles. The molecule has 106 valence electrons. The van der Waals surface area contributed by atoms with Gasteiger partial charge in [0.2, 0.25) is 0 Å². The highest BCUT2D eigenvalue weighted by Gasteiger charge is 2.17. The molecular weight excluding hydrogens is 272 g/mol. The molecule has 1 aliphatic rings. The van der Waals surface area contributed by atoms with E-state index in [1.54, 1.807) is 18.4 Å². The second kappa shape index (κ2) is 5.71. The molecule has 0 saturated heterocycles. The summed E-state index contributed by atoms with van der Waals surface area (Å²) in [6.45, 7) is 1.46. The van der Waals surface area contributed by atoms with Crippen LogP contribution in [0.15, 0.2) is 17.5 Å². The fourth-order valence-corrected chi connectivity index (χ4v) is 3.67. The molecule has 1 aliphatic heterocycles. The minimum atomic E-state index is -0.130. The Morgan fingerprint density at radius 2 is 2.35 bits per heavy atom. The quantitative estimate of drug-likeness (QED) is 0.913. The first-order valence-corrected chi connectivity index (χ1v) is 7.78. The molecule has 2 N–H and O–H groups in total. The molecule has 0 atom stereocenters. The fraction of sp³-hybridized carbons (Fsp3) is 0.400. The van der Waals surface area contributed by atoms with Crippen molar-refractivity contribution in [1.29, 1.82) is 0 Å². The van der Waals surface area contributed by atoms with Crippen LogP contribution in [0.5, 0.6) is 5.75 Å². The number of rotatable bonds is 3. The summed E-state index contributed by atoms with van der Waals surface area (Å²) in [7, 11) is 1.63. The summed E-state index contributed by atoms with van der Waals surface area (Å²) >= 11 is 1.77. The van der Waals surface area contributed by atoms with Crippen molar-refractivity contribution in [2.45, 2.75) is 19.3 Å². The molecule has 0 fully saturated rings. The molecule has 20 heavy (non-hydrogen) atoms. The van der Waals surface area contributed by atoms with Crippen LogP contribution < -0.4 is 15.4 Å². The number of aryl methyl sites for hydroxylation is 1. The first kappa shape index (κ1) is 13.2. The number of carbonyl (C=O) groups is 1. The second-order valence-corrected chi connectivity index (χ2v) is 5.80. The van der Waals surface area contributed by atoms with Crippen LogP contribution in [0.4, 0.5) is 4.79 Å². The predicted molar refractivity (Wildman–Crippen MR) is 81.8 cm³/mol. The largest absolute Gasteiger partial charge is 0.493 e. The Morgan fingerprint density at radius 1 is 1.45 bits per heavy atom. The number of nitrogens with one attached hydrogen (secondary N) is 2. The van der Waals surface area contributed by atoms with Crippen LogP contribution in [0.2, 0.25) is 0 Å². The zero-order valence-corrected chi connectivity index (χ0v) is 12.3. The predicted octanol–water partition coefficient (Wildman–Crippen LogP) is 2.70. The molecule has 0 radical (unpaired) electrons. The number of hydrogen-bond acceptors (Lipinski definition) is 3. The van der Waals surface area contributed by atoms with E-state index in [-0.39, 0.29) is 6.03 Å². The molecule has 1 aromatic heterocycles. The van der Waals surface area contributed by atoms with Gasteiger partial charge in [0, 0.05) is 29.2 Å². The number of benzene rings is 1. The third kappa shape index (κ3) is 2.45. The van der Waals surface area contributed by atoms with Gasteiger partial charge in [-0.15, -0.1) is 11.3 Å². The van der Waals surface area contributed by atoms with Gasteiger partial charge < -0.3 is 15.4 Å². The lowest BCUT2D eigenvalue weighted by atomic mass is 9.98. The zero-order chi connectivity index (χ0) is 13.9. The average molecular weight is 290 g/mol. The SMILES string of the molecule is CNC(=O)NCCc1csc2ccc3c(c12)CCCO3. The van der Waals surface area contributed by atoms with Gasteiger partial charge in [0.1, 0.15) is 5.75 Å². The minimum absolute atomic E-state index is 0.130. The Labute approximate surface area is 122 Å². The van der Waals surface area contributed by atoms with E-state index in [9.17, 15) is 4.79 Å². The van der Waals surface area contributed by atoms with Crippen molar-refractivity contribution in [3.8, 4) is 5.75 Å². The molecule has 0 bridgehead atoms. The number of ether oxygens (including phenoxy) is 1. The van der Waals surface area contributed by atoms with E-state index in [4.69, 9.17) is 4.74 Å². The third-order valence-corrected chi connectivity index (χ3v) is 4.61. The second-order valence-electron chi connectivity index (χ2n) is 4.88. The van der Waals surface area contributed by atoms with Crippen molar-refractivity contribution >= 4 is 27.5 Å². The van der Waals surface area contributed by atoms with E-state index in [1.165, 1.54) is 21.2 Å². The van der Waals surface area contributed by atoms with Gasteiger partial charge in [-0.1, -0.05) is 0 Å². The summed E-state index contributed by atoms with van der Waals surface area (Å²) in [6.07, 6.45) is 3.01. The number of hydrogen-bond donors (Lipinski definition) is 2. The van der Waals surface area contributed by atoms with Crippen molar-refractivity contribution in [2.24, 2.45) is 0 Å². The van der Waals surface area contributed by atoms with E-state index < -0.39 is 0 Å². The summed E-state index contributed by atoms with van der Waals surface area (Å²) in [6, 6.07) is 4.09. The fourth-order valence-electron chi connectivity index (χ4n) is 2.65. The van der Waals surface area contributed by atoms with Crippen LogP contribution in [-0.4, -0.2) is 26.2 Å². The Morgan fingerprint density at radius 3 is 3.20 bits per heavy atom. The van der Waals surface area contributed by atoms with Crippen molar-refractivity contribution < 1.29 is 9.53 Å². The van der Waals surface area contributed by atoms with E-state index in [0.717, 1.165) is 31.6 Å². The van der Waals surface area contributed by atoms with Crippen molar-refractivity contribution in [1.82, 2.24) is 10.6 Å². The van der Waals surface area contributed by atoms with Crippen LogP contribution >= 0.6 is 11.3 Å². The van der Waals surface area contributed by atoms with Crippen LogP contribution in [0.1, 0.15) is 17.5 Å². The molecule has 0 spiro atoms. The van der Waals surface area contributed by atoms with Gasteiger partial charge in [-0.25, -0.2) is 4.79 Å². The van der Waals surface area contributed by atoms with E-state index in [2.05, 4.69) is 28.1 Å². The molecule has 2 aromatic rings. The maximum absolute atomic E-state index is 11.2. The molecule has 1 aromatic carbocycles. The van der Waals surface area contributed by atoms with Crippen LogP contribution in [0.3, 0.4) is 0 Å². The average Bonchev–Trinajstić information content (AvgIpc) is 2.91. The number of thiophene rings is 1. The smallest absolute Gasteiger partial charge is 0.314 e. The lowest BCUT2D eigenvalue weighted by Gasteiger charge is -2.18. The number of amides is 2. The summed E-state index contributed by atoms with van der Waals surface area (Å²) < 4.78 is 7.05. The summed E-state index contributed by atoms with van der Waals surface area (Å²) in [5, 5.41) is 8.94. The Hall–Kier alpha value is -1.75. The van der Waals surface area contributed by atoms with Gasteiger partial charge in [0.25, 0.3) is 0 Å². The monoisotopic (exact) mass is 290 g/mol. The summed E-state index contributed by atoms with van der Waals surface area (Å²) in [5.74, 6) is 1.03. The number of fused-ring (bicyclic) bond motifs is 3. The molecular formula is C15H18N2O2S. The highest BCUT2D eigenvalue weighted by atomic mass is 32.1. The van der Waals surface area contributed by atoms with Crippen LogP contribution in [0.25, 0.3) is 10.1 Å². The molecule has 0 unspecified atom stereocenters. The standard InChI is InChI=1S/C15H18N2O2S/c1-16-15(18)17-7-6-10-9-20-13-5-4-12-11(14(10)13)3-2-8-19-12/h4-5,9H,2-3,6-8H2,1H3,(H2,16,17,18). The maximum atomic E-state index is 11.2. The zero-order valence-electron chi connectivity index (χ0n) is 11.5. The maximum Gasteiger partial charge on any atom is 0.314 e. The van der Waals surface area contributed by atoms with Gasteiger partial charge in [0.15, 0.2) is 0 Å². The Bertz CT molecular complexity index is 636. The van der Waals surface area contributed by atoms with Gasteiger partial charge in [-0.05, 0) is 42.3 Å². The first-order chi connectivity index (χ1) is 9.79. The first-order valence-electron chi connectivity index (χ1n) is 6.90. The third-order valence-electron chi connectivity index (χ3n) is 3.62. The summed E-state index contributed by atoms with van der Waals surface area (Å²) in [4.78, 5) is 11.2. The Balaban J connectivity index is 1.86. The number of urea groups is 1. The molecule has 3 rings (SSSR count). The van der Waals surface area contributed by atoms with Crippen molar-refractivity contribution in [2.75, 3.05) is 20.2 Å². The van der Waals surface area contributed by atoms with Crippen LogP contribution in [0, 0.1) is 0 Å². The molecule has 2 amide bonds. The topological polar surface area (TPSA) is 50.4 Å². The van der Waals surface area contributed by atoms with E-state index >= 15 is 0 Å². The van der Waals surface area contributed by atoms with Crippen LogP contribution in [-0.2, 0) is 12.8 Å². The molecule has 4 nitrogen and oxygen atoms in total. The van der Waals surface area contributed by atoms with Gasteiger partial charge in [0.05, 0.1) is 6.61 Å². The highest BCUT2D eigenvalue weighted by molar-refractivity contribution is 7.17. The summed E-state index contributed by atoms with van der Waals surface area (Å²) in [5.41, 5.74) is 2.65. The lowest BCUT2D eigenvalue weighted by Crippen LogP contribution is -2.33. The number of carbonyl (C=O) groups excluding carboxylic acids is 1. The van der Waals surface area contributed by atoms with Gasteiger partial charge >= 0.3 is 6.03 Å². The minimum Gasteiger partial charge on any atom is -0.493 e. The van der Waals surface area contributed by atoms with Gasteiger partial charge in [-0.3, -0.25) is 0 Å². The van der Waals surface area contributed by atoms with Crippen molar-refractivity contribution in [3.63, 3.8) is 0 Å². The van der Waals surface area contributed by atoms with Crippen molar-refractivity contribution in [3.05, 3.63) is 28.6 Å². The highest BCUT2D eigenvalue weighted by Crippen LogP contribution is 2.37. The molecule has 0 aliphatic carbocycles. The lowest BCUT2D eigenvalue weighted by molar-refractivity contribution is 0.243. The van der Waals surface area contributed by atoms with Gasteiger partial charge in [-0.2, -0.15) is 0 Å². The molecule has 5 heteroatoms. The van der Waals surface area contributed by atoms with E-state index in [1.807, 2.05) is 0 Å².